The van der Waals surface area contributed by atoms with Crippen LogP contribution < -0.4 is 5.32 Å². The molecule has 196 valence electrons. The van der Waals surface area contributed by atoms with E-state index in [2.05, 4.69) is 20.4 Å². The number of aliphatic hydroxyl groups is 1. The van der Waals surface area contributed by atoms with Crippen LogP contribution in [-0.2, 0) is 11.3 Å². The molecule has 38 heavy (non-hydrogen) atoms. The molecule has 11 heteroatoms. The molecule has 0 aliphatic carbocycles. The van der Waals surface area contributed by atoms with Crippen LogP contribution in [0.4, 0.5) is 14.5 Å². The summed E-state index contributed by atoms with van der Waals surface area (Å²) < 4.78 is 36.3. The number of carbonyl (C=O) groups is 1. The van der Waals surface area contributed by atoms with Crippen LogP contribution in [0.5, 0.6) is 0 Å². The molecule has 5 aromatic rings. The molecule has 1 aromatic carbocycles. The Morgan fingerprint density at radius 3 is 2.74 bits per heavy atom. The lowest BCUT2D eigenvalue weighted by molar-refractivity contribution is -0.0268. The van der Waals surface area contributed by atoms with Crippen molar-refractivity contribution in [2.45, 2.75) is 39.4 Å². The Hall–Kier alpha value is -4.22. The zero-order valence-electron chi connectivity index (χ0n) is 21.0. The highest BCUT2D eigenvalue weighted by molar-refractivity contribution is 6.04. The number of ether oxygens (including phenoxy) is 1. The first kappa shape index (κ1) is 25.4. The fourth-order valence-electron chi connectivity index (χ4n) is 3.99. The monoisotopic (exact) mass is 520 g/mol. The highest BCUT2D eigenvalue weighted by Gasteiger charge is 2.20. The summed E-state index contributed by atoms with van der Waals surface area (Å²) in [5.41, 5.74) is 2.27. The highest BCUT2D eigenvalue weighted by Crippen LogP contribution is 2.31. The Morgan fingerprint density at radius 2 is 1.97 bits per heavy atom. The summed E-state index contributed by atoms with van der Waals surface area (Å²) in [4.78, 5) is 21.9. The maximum Gasteiger partial charge on any atom is 0.274 e. The van der Waals surface area contributed by atoms with E-state index in [4.69, 9.17) is 4.74 Å². The van der Waals surface area contributed by atoms with Crippen molar-refractivity contribution in [2.24, 2.45) is 0 Å². The summed E-state index contributed by atoms with van der Waals surface area (Å²) in [6, 6.07) is 11.5. The van der Waals surface area contributed by atoms with E-state index in [9.17, 15) is 18.7 Å². The number of carbonyl (C=O) groups excluding carboxylic acids is 1. The summed E-state index contributed by atoms with van der Waals surface area (Å²) in [6.07, 6.45) is 2.05. The first-order chi connectivity index (χ1) is 18.1. The predicted octanol–water partition coefficient (Wildman–Crippen LogP) is 4.83. The van der Waals surface area contributed by atoms with Gasteiger partial charge in [-0.3, -0.25) is 9.20 Å². The van der Waals surface area contributed by atoms with Gasteiger partial charge in [-0.15, -0.1) is 5.10 Å². The molecule has 0 saturated carbocycles. The Labute approximate surface area is 216 Å². The molecule has 9 nitrogen and oxygen atoms in total. The first-order valence-corrected chi connectivity index (χ1v) is 11.9. The second kappa shape index (κ2) is 9.92. The summed E-state index contributed by atoms with van der Waals surface area (Å²) in [6.45, 7) is 5.66. The molecule has 0 saturated heterocycles. The van der Waals surface area contributed by atoms with Crippen LogP contribution >= 0.6 is 0 Å². The number of hydrogen-bond acceptors (Lipinski definition) is 6. The average Bonchev–Trinajstić information content (AvgIpc) is 3.46. The zero-order valence-corrected chi connectivity index (χ0v) is 21.0. The molecule has 0 fully saturated rings. The van der Waals surface area contributed by atoms with Crippen molar-refractivity contribution in [3.05, 3.63) is 83.4 Å². The molecular weight excluding hydrogens is 494 g/mol. The normalized spacial score (nSPS) is 12.1. The standard InChI is InChI=1S/C27H26F2N6O3/c1-16-4-7-22-32-25(33-35(22)13-16)18-5-6-19(24(28)29)20(11-18)31-26(36)21-12-30-23-10-17(8-9-34(21)23)14-38-15-27(2,3)37/h4-13,24,37H,14-15H2,1-3H3,(H,31,36). The zero-order chi connectivity index (χ0) is 27.0. The summed E-state index contributed by atoms with van der Waals surface area (Å²) >= 11 is 0. The molecular formula is C27H26F2N6O3. The molecule has 0 bridgehead atoms. The molecule has 0 aliphatic rings. The van der Waals surface area contributed by atoms with Gasteiger partial charge in [-0.05, 0) is 56.2 Å². The van der Waals surface area contributed by atoms with Gasteiger partial charge in [-0.1, -0.05) is 18.2 Å². The number of nitrogens with zero attached hydrogens (tertiary/aromatic N) is 5. The number of hydrogen-bond donors (Lipinski definition) is 2. The van der Waals surface area contributed by atoms with E-state index in [1.165, 1.54) is 24.4 Å². The van der Waals surface area contributed by atoms with Crippen LogP contribution in [0.1, 0.15) is 47.5 Å². The molecule has 0 radical (unpaired) electrons. The molecule has 1 amide bonds. The Morgan fingerprint density at radius 1 is 1.16 bits per heavy atom. The van der Waals surface area contributed by atoms with Gasteiger partial charge >= 0.3 is 0 Å². The van der Waals surface area contributed by atoms with E-state index in [0.717, 1.165) is 11.1 Å². The maximum atomic E-state index is 13.8. The molecule has 4 aromatic heterocycles. The number of benzene rings is 1. The van der Waals surface area contributed by atoms with Gasteiger partial charge in [0.25, 0.3) is 12.3 Å². The molecule has 0 aliphatic heterocycles. The van der Waals surface area contributed by atoms with Gasteiger partial charge < -0.3 is 15.2 Å². The Kier molecular flexibility index (Phi) is 6.64. The number of pyridine rings is 2. The van der Waals surface area contributed by atoms with E-state index in [0.29, 0.717) is 22.7 Å². The number of fused-ring (bicyclic) bond motifs is 2. The van der Waals surface area contributed by atoms with Crippen LogP contribution in [-0.4, -0.2) is 47.2 Å². The summed E-state index contributed by atoms with van der Waals surface area (Å²) in [5.74, 6) is -0.248. The van der Waals surface area contributed by atoms with E-state index < -0.39 is 17.9 Å². The SMILES string of the molecule is Cc1ccc2nc(-c3ccc(C(F)F)c(NC(=O)c4cnc5cc(COCC(C)(C)O)ccn45)c3)nn2c1. The third kappa shape index (κ3) is 5.38. The number of amides is 1. The quantitative estimate of drug-likeness (QED) is 0.304. The predicted molar refractivity (Wildman–Crippen MR) is 137 cm³/mol. The van der Waals surface area contributed by atoms with E-state index in [-0.39, 0.29) is 30.2 Å². The van der Waals surface area contributed by atoms with E-state index in [1.807, 2.05) is 25.3 Å². The Balaban J connectivity index is 1.40. The lowest BCUT2D eigenvalue weighted by atomic mass is 10.1. The van der Waals surface area contributed by atoms with Gasteiger partial charge in [0.15, 0.2) is 11.5 Å². The van der Waals surface area contributed by atoms with Gasteiger partial charge in [-0.25, -0.2) is 23.3 Å². The lowest BCUT2D eigenvalue weighted by Crippen LogP contribution is -2.25. The topological polar surface area (TPSA) is 106 Å². The van der Waals surface area contributed by atoms with Gasteiger partial charge in [0.1, 0.15) is 11.3 Å². The number of anilines is 1. The fraction of sp³-hybridized carbons (Fsp3) is 0.259. The van der Waals surface area contributed by atoms with Crippen molar-refractivity contribution in [3.63, 3.8) is 0 Å². The molecule has 4 heterocycles. The van der Waals surface area contributed by atoms with Crippen LogP contribution in [0, 0.1) is 6.92 Å². The number of rotatable bonds is 8. The van der Waals surface area contributed by atoms with Crippen molar-refractivity contribution in [2.75, 3.05) is 11.9 Å². The number of aromatic nitrogens is 5. The van der Waals surface area contributed by atoms with Crippen LogP contribution in [0.2, 0.25) is 0 Å². The lowest BCUT2D eigenvalue weighted by Gasteiger charge is -2.16. The van der Waals surface area contributed by atoms with Gasteiger partial charge in [0.05, 0.1) is 30.7 Å². The minimum Gasteiger partial charge on any atom is -0.388 e. The minimum atomic E-state index is -2.80. The Bertz CT molecular complexity index is 1640. The average molecular weight is 521 g/mol. The first-order valence-electron chi connectivity index (χ1n) is 11.9. The van der Waals surface area contributed by atoms with E-state index in [1.54, 1.807) is 41.1 Å². The number of nitrogens with one attached hydrogen (secondary N) is 1. The third-order valence-corrected chi connectivity index (χ3v) is 5.81. The minimum absolute atomic E-state index is 0.0378. The molecule has 0 unspecified atom stereocenters. The van der Waals surface area contributed by atoms with Crippen molar-refractivity contribution < 1.29 is 23.4 Å². The third-order valence-electron chi connectivity index (χ3n) is 5.81. The number of aryl methyl sites for hydroxylation is 1. The van der Waals surface area contributed by atoms with Crippen LogP contribution in [0.25, 0.3) is 22.7 Å². The van der Waals surface area contributed by atoms with Crippen molar-refractivity contribution in [1.82, 2.24) is 24.0 Å². The molecule has 2 N–H and O–H groups in total. The second-order valence-corrected chi connectivity index (χ2v) is 9.71. The molecule has 0 atom stereocenters. The maximum absolute atomic E-state index is 13.8. The summed E-state index contributed by atoms with van der Waals surface area (Å²) in [7, 11) is 0. The number of alkyl halides is 2. The highest BCUT2D eigenvalue weighted by atomic mass is 19.3. The van der Waals surface area contributed by atoms with Gasteiger partial charge in [-0.2, -0.15) is 0 Å². The second-order valence-electron chi connectivity index (χ2n) is 9.71. The largest absolute Gasteiger partial charge is 0.388 e. The van der Waals surface area contributed by atoms with Crippen molar-refractivity contribution >= 4 is 22.9 Å². The molecule has 5 rings (SSSR count). The van der Waals surface area contributed by atoms with Gasteiger partial charge in [0, 0.05) is 23.5 Å². The number of imidazole rings is 1. The fourth-order valence-corrected chi connectivity index (χ4v) is 3.99. The van der Waals surface area contributed by atoms with Crippen molar-refractivity contribution in [1.29, 1.82) is 0 Å². The van der Waals surface area contributed by atoms with Gasteiger partial charge in [0.2, 0.25) is 0 Å². The smallest absolute Gasteiger partial charge is 0.274 e. The number of halogens is 2. The molecule has 0 spiro atoms. The van der Waals surface area contributed by atoms with Crippen molar-refractivity contribution in [3.8, 4) is 11.4 Å². The summed E-state index contributed by atoms with van der Waals surface area (Å²) in [5, 5.41) is 16.8. The van der Waals surface area contributed by atoms with Crippen LogP contribution in [0.15, 0.2) is 61.1 Å². The van der Waals surface area contributed by atoms with E-state index >= 15 is 0 Å². The van der Waals surface area contributed by atoms with Crippen LogP contribution in [0.3, 0.4) is 0 Å².